The number of halogens is 6. The van der Waals surface area contributed by atoms with E-state index in [9.17, 15) is 31.1 Å². The number of aromatic nitrogens is 2. The largest absolute Gasteiger partial charge is 0.490 e. The molecule has 2 aliphatic heterocycles. The summed E-state index contributed by atoms with van der Waals surface area (Å²) in [6, 6.07) is 2.01. The van der Waals surface area contributed by atoms with Crippen molar-refractivity contribution >= 4 is 17.8 Å². The number of carbonyl (C=O) groups excluding carboxylic acids is 1. The lowest BCUT2D eigenvalue weighted by atomic mass is 10.1. The second kappa shape index (κ2) is 13.3. The normalized spacial score (nSPS) is 20.0. The van der Waals surface area contributed by atoms with E-state index in [1.165, 1.54) is 6.20 Å². The zero-order valence-electron chi connectivity index (χ0n) is 19.2. The monoisotopic (exact) mass is 533 g/mol. The first-order chi connectivity index (χ1) is 16.5. The minimum absolute atomic E-state index is 0.0143. The molecule has 0 aliphatic carbocycles. The van der Waals surface area contributed by atoms with Crippen LogP contribution in [0.25, 0.3) is 0 Å². The van der Waals surface area contributed by atoms with E-state index in [0.29, 0.717) is 18.2 Å². The number of carboxylic acids is 2. The maximum absolute atomic E-state index is 12.5. The van der Waals surface area contributed by atoms with Crippen LogP contribution < -0.4 is 0 Å². The highest BCUT2D eigenvalue weighted by atomic mass is 19.4. The van der Waals surface area contributed by atoms with Crippen LogP contribution in [0, 0.1) is 0 Å². The second-order valence-electron chi connectivity index (χ2n) is 7.76. The number of hydrogen-bond donors (Lipinski definition) is 2. The molecule has 11 nitrogen and oxygen atoms in total. The minimum atomic E-state index is -5.08. The van der Waals surface area contributed by atoms with Crippen molar-refractivity contribution in [2.75, 3.05) is 53.4 Å². The summed E-state index contributed by atoms with van der Waals surface area (Å²) in [6.45, 7) is 5.09. The Morgan fingerprint density at radius 3 is 2.06 bits per heavy atom. The maximum Gasteiger partial charge on any atom is 0.490 e. The van der Waals surface area contributed by atoms with E-state index < -0.39 is 24.3 Å². The van der Waals surface area contributed by atoms with E-state index in [2.05, 4.69) is 34.1 Å². The first-order valence-electron chi connectivity index (χ1n) is 10.2. The van der Waals surface area contributed by atoms with E-state index in [0.717, 1.165) is 32.8 Å². The molecule has 2 N–H and O–H groups in total. The Balaban J connectivity index is 0.000000383. The lowest BCUT2D eigenvalue weighted by Gasteiger charge is -2.37. The Hall–Kier alpha value is -3.05. The number of fused-ring (bicyclic) bond motifs is 1. The van der Waals surface area contributed by atoms with Gasteiger partial charge in [0.25, 0.3) is 5.91 Å². The molecular weight excluding hydrogens is 508 g/mol. The van der Waals surface area contributed by atoms with Gasteiger partial charge in [0.1, 0.15) is 0 Å². The van der Waals surface area contributed by atoms with Crippen LogP contribution in [0.1, 0.15) is 10.4 Å². The van der Waals surface area contributed by atoms with Crippen molar-refractivity contribution < 1.29 is 55.7 Å². The lowest BCUT2D eigenvalue weighted by molar-refractivity contribution is -0.193. The minimum Gasteiger partial charge on any atom is -0.475 e. The van der Waals surface area contributed by atoms with Gasteiger partial charge in [0.15, 0.2) is 0 Å². The average molecular weight is 533 g/mol. The molecule has 1 aromatic heterocycles. The fraction of sp³-hybridized carbons (Fsp3) is 0.632. The van der Waals surface area contributed by atoms with Gasteiger partial charge in [-0.1, -0.05) is 0 Å². The molecule has 1 amide bonds. The number of nitrogens with zero attached hydrogens (tertiary/aromatic N) is 5. The summed E-state index contributed by atoms with van der Waals surface area (Å²) >= 11 is 0. The Morgan fingerprint density at radius 1 is 1.06 bits per heavy atom. The second-order valence-corrected chi connectivity index (χ2v) is 7.76. The smallest absolute Gasteiger partial charge is 0.475 e. The average Bonchev–Trinajstić information content (AvgIpc) is 3.22. The van der Waals surface area contributed by atoms with Gasteiger partial charge in [0.05, 0.1) is 36.7 Å². The molecule has 17 heteroatoms. The van der Waals surface area contributed by atoms with Gasteiger partial charge in [-0.15, -0.1) is 0 Å². The zero-order chi connectivity index (χ0) is 27.7. The maximum atomic E-state index is 12.5. The van der Waals surface area contributed by atoms with Crippen molar-refractivity contribution in [3.05, 3.63) is 24.0 Å². The molecule has 2 aliphatic rings. The van der Waals surface area contributed by atoms with Crippen LogP contribution in [0.15, 0.2) is 18.5 Å². The summed E-state index contributed by atoms with van der Waals surface area (Å²) in [5, 5.41) is 21.8. The van der Waals surface area contributed by atoms with Crippen LogP contribution in [0.2, 0.25) is 0 Å². The van der Waals surface area contributed by atoms with Gasteiger partial charge in [-0.2, -0.15) is 36.5 Å². The van der Waals surface area contributed by atoms with Crippen molar-refractivity contribution in [3.8, 4) is 0 Å². The summed E-state index contributed by atoms with van der Waals surface area (Å²) in [4.78, 5) is 36.8. The number of carbonyl (C=O) groups is 3. The third kappa shape index (κ3) is 10.3. The van der Waals surface area contributed by atoms with E-state index in [4.69, 9.17) is 24.5 Å². The van der Waals surface area contributed by atoms with Crippen LogP contribution in [0.3, 0.4) is 0 Å². The summed E-state index contributed by atoms with van der Waals surface area (Å²) < 4.78 is 69.4. The van der Waals surface area contributed by atoms with Crippen LogP contribution in [0.4, 0.5) is 26.3 Å². The molecule has 0 saturated carbocycles. The van der Waals surface area contributed by atoms with Gasteiger partial charge < -0.3 is 24.7 Å². The molecular formula is C19H25F6N5O6. The van der Waals surface area contributed by atoms with E-state index in [1.807, 2.05) is 4.90 Å². The van der Waals surface area contributed by atoms with E-state index in [-0.39, 0.29) is 12.0 Å². The van der Waals surface area contributed by atoms with Crippen molar-refractivity contribution in [2.24, 2.45) is 0 Å². The fourth-order valence-corrected chi connectivity index (χ4v) is 3.13. The Kier molecular flexibility index (Phi) is 11.5. The molecule has 0 unspecified atom stereocenters. The molecule has 0 radical (unpaired) electrons. The van der Waals surface area contributed by atoms with Gasteiger partial charge in [-0.3, -0.25) is 9.69 Å². The number of hydrogen-bond acceptors (Lipinski definition) is 8. The third-order valence-corrected chi connectivity index (χ3v) is 4.85. The third-order valence-electron chi connectivity index (χ3n) is 4.85. The molecule has 0 aromatic carbocycles. The van der Waals surface area contributed by atoms with Crippen molar-refractivity contribution in [1.82, 2.24) is 24.9 Å². The summed E-state index contributed by atoms with van der Waals surface area (Å²) in [5.41, 5.74) is 0.591. The molecule has 2 saturated heterocycles. The molecule has 1 aromatic rings. The molecule has 0 spiro atoms. The highest BCUT2D eigenvalue weighted by Gasteiger charge is 2.42. The summed E-state index contributed by atoms with van der Waals surface area (Å²) in [6.07, 6.45) is -6.97. The number of carboxylic acid groups (broad SMARTS) is 2. The van der Waals surface area contributed by atoms with Gasteiger partial charge in [0.2, 0.25) is 0 Å². The Bertz CT molecular complexity index is 847. The molecule has 36 heavy (non-hydrogen) atoms. The number of ether oxygens (including phenoxy) is 1. The number of alkyl halides is 6. The number of amides is 1. The standard InChI is InChI=1S/C15H23N5O2.2C2HF3O2/c1-18(2)5-6-19-7-8-22-14-11-20(10-13(14)19)15(21)12-3-4-16-17-9-12;2*3-2(4,5)1(6)7/h3-4,9,13-14H,5-8,10-11H2,1-2H3;2*(H,6,7)/t13-,14+;;/m1../s1. The summed E-state index contributed by atoms with van der Waals surface area (Å²) in [7, 11) is 4.16. The summed E-state index contributed by atoms with van der Waals surface area (Å²) in [5.74, 6) is -5.50. The Labute approximate surface area is 201 Å². The molecule has 3 rings (SSSR count). The van der Waals surface area contributed by atoms with Crippen LogP contribution in [-0.4, -0.2) is 131 Å². The fourth-order valence-electron chi connectivity index (χ4n) is 3.13. The number of likely N-dealkylation sites (N-methyl/N-ethyl adjacent to an activating group) is 1. The number of aliphatic carboxylic acids is 2. The molecule has 0 bridgehead atoms. The highest BCUT2D eigenvalue weighted by Crippen LogP contribution is 2.24. The first kappa shape index (κ1) is 31.0. The molecule has 2 fully saturated rings. The number of likely N-dealkylation sites (tertiary alicyclic amines) is 1. The lowest BCUT2D eigenvalue weighted by Crippen LogP contribution is -2.52. The Morgan fingerprint density at radius 2 is 1.61 bits per heavy atom. The number of morpholine rings is 1. The predicted octanol–water partition coefficient (Wildman–Crippen LogP) is 0.830. The molecule has 3 heterocycles. The van der Waals surface area contributed by atoms with Gasteiger partial charge in [-0.05, 0) is 20.2 Å². The predicted molar refractivity (Wildman–Crippen MR) is 109 cm³/mol. The highest BCUT2D eigenvalue weighted by molar-refractivity contribution is 5.94. The van der Waals surface area contributed by atoms with Gasteiger partial charge in [-0.25, -0.2) is 9.59 Å². The van der Waals surface area contributed by atoms with Crippen molar-refractivity contribution in [1.29, 1.82) is 0 Å². The topological polar surface area (TPSA) is 136 Å². The molecule has 2 atom stereocenters. The SMILES string of the molecule is CN(C)CCN1CCO[C@H]2CN(C(=O)c3ccnnc3)C[C@H]21.O=C(O)C(F)(F)F.O=C(O)C(F)(F)F. The van der Waals surface area contributed by atoms with Gasteiger partial charge >= 0.3 is 24.3 Å². The van der Waals surface area contributed by atoms with Gasteiger partial charge in [0, 0.05) is 32.7 Å². The first-order valence-corrected chi connectivity index (χ1v) is 10.2. The van der Waals surface area contributed by atoms with Crippen molar-refractivity contribution in [2.45, 2.75) is 24.5 Å². The van der Waals surface area contributed by atoms with E-state index in [1.54, 1.807) is 12.3 Å². The van der Waals surface area contributed by atoms with Crippen LogP contribution in [-0.2, 0) is 14.3 Å². The van der Waals surface area contributed by atoms with Crippen molar-refractivity contribution in [3.63, 3.8) is 0 Å². The van der Waals surface area contributed by atoms with E-state index >= 15 is 0 Å². The number of rotatable bonds is 4. The molecule has 204 valence electrons. The quantitative estimate of drug-likeness (QED) is 0.536. The van der Waals surface area contributed by atoms with Crippen LogP contribution >= 0.6 is 0 Å². The van der Waals surface area contributed by atoms with Crippen LogP contribution in [0.5, 0.6) is 0 Å². The zero-order valence-corrected chi connectivity index (χ0v) is 19.2.